The molecule has 2 unspecified atom stereocenters. The van der Waals surface area contributed by atoms with Crippen LogP contribution in [0.3, 0.4) is 0 Å². The van der Waals surface area contributed by atoms with E-state index in [4.69, 9.17) is 4.74 Å². The number of hydrogen-bond donors (Lipinski definition) is 0. The molecule has 92 valence electrons. The van der Waals surface area contributed by atoms with E-state index in [-0.39, 0.29) is 5.92 Å². The van der Waals surface area contributed by atoms with Gasteiger partial charge in [-0.25, -0.2) is 0 Å². The van der Waals surface area contributed by atoms with Crippen molar-refractivity contribution in [3.05, 3.63) is 23.0 Å². The van der Waals surface area contributed by atoms with Gasteiger partial charge in [0.1, 0.15) is 5.78 Å². The summed E-state index contributed by atoms with van der Waals surface area (Å²) in [5.41, 5.74) is 2.78. The van der Waals surface area contributed by atoms with Gasteiger partial charge in [-0.05, 0) is 43.6 Å². The topological polar surface area (TPSA) is 26.3 Å². The van der Waals surface area contributed by atoms with Crippen molar-refractivity contribution < 1.29 is 9.53 Å². The number of carbonyl (C=O) groups excluding carboxylic acids is 1. The summed E-state index contributed by atoms with van der Waals surface area (Å²) in [6, 6.07) is 0. The zero-order valence-electron chi connectivity index (χ0n) is 10.5. The van der Waals surface area contributed by atoms with Gasteiger partial charge in [0.05, 0.1) is 12.9 Å². The molecule has 0 saturated heterocycles. The molecule has 0 N–H and O–H groups in total. The Bertz CT molecular complexity index is 403. The number of allylic oxidation sites excluding steroid dienone is 4. The average Bonchev–Trinajstić information content (AvgIpc) is 2.36. The van der Waals surface area contributed by atoms with Crippen LogP contribution in [0.1, 0.15) is 44.9 Å². The summed E-state index contributed by atoms with van der Waals surface area (Å²) < 4.78 is 5.52. The quantitative estimate of drug-likeness (QED) is 0.692. The summed E-state index contributed by atoms with van der Waals surface area (Å²) in [6.45, 7) is 0. The molecule has 2 nitrogen and oxygen atoms in total. The third kappa shape index (κ3) is 1.84. The van der Waals surface area contributed by atoms with Crippen LogP contribution >= 0.6 is 0 Å². The second kappa shape index (κ2) is 4.32. The molecule has 2 heteroatoms. The van der Waals surface area contributed by atoms with Crippen molar-refractivity contribution >= 4 is 5.78 Å². The van der Waals surface area contributed by atoms with Crippen LogP contribution in [0.15, 0.2) is 23.0 Å². The maximum absolute atomic E-state index is 12.0. The van der Waals surface area contributed by atoms with Crippen LogP contribution in [0.4, 0.5) is 0 Å². The molecular weight excluding hydrogens is 212 g/mol. The molecule has 0 aromatic carbocycles. The zero-order chi connectivity index (χ0) is 11.8. The van der Waals surface area contributed by atoms with Crippen molar-refractivity contribution in [1.29, 1.82) is 0 Å². The lowest BCUT2D eigenvalue weighted by Crippen LogP contribution is -2.30. The minimum Gasteiger partial charge on any atom is -0.501 e. The molecule has 17 heavy (non-hydrogen) atoms. The molecule has 2 atom stereocenters. The van der Waals surface area contributed by atoms with E-state index in [1.165, 1.54) is 29.7 Å². The summed E-state index contributed by atoms with van der Waals surface area (Å²) in [7, 11) is 1.78. The zero-order valence-corrected chi connectivity index (χ0v) is 10.5. The number of rotatable bonds is 1. The molecule has 3 aliphatic rings. The van der Waals surface area contributed by atoms with Crippen molar-refractivity contribution in [3.8, 4) is 0 Å². The first kappa shape index (κ1) is 11.1. The minimum absolute atomic E-state index is 0.244. The average molecular weight is 232 g/mol. The Hall–Kier alpha value is -1.05. The fraction of sp³-hybridized carbons (Fsp3) is 0.667. The van der Waals surface area contributed by atoms with Crippen LogP contribution in [-0.4, -0.2) is 12.9 Å². The molecule has 3 rings (SSSR count). The molecule has 0 aromatic heterocycles. The van der Waals surface area contributed by atoms with Gasteiger partial charge in [0.15, 0.2) is 0 Å². The van der Waals surface area contributed by atoms with Crippen LogP contribution in [0.5, 0.6) is 0 Å². The van der Waals surface area contributed by atoms with Gasteiger partial charge < -0.3 is 4.74 Å². The standard InChI is InChI=1S/C15H20O2/c1-17-15-7-3-5-11-8-12-10(9-13(11)15)4-2-6-14(12)16/h9,11-12H,2-8H2,1H3. The lowest BCUT2D eigenvalue weighted by atomic mass is 9.68. The maximum Gasteiger partial charge on any atom is 0.140 e. The molecule has 0 aliphatic heterocycles. The van der Waals surface area contributed by atoms with E-state index < -0.39 is 0 Å². The Morgan fingerprint density at radius 3 is 2.94 bits per heavy atom. The van der Waals surface area contributed by atoms with Crippen molar-refractivity contribution in [2.24, 2.45) is 11.8 Å². The Labute approximate surface area is 103 Å². The lowest BCUT2D eigenvalue weighted by molar-refractivity contribution is -0.123. The van der Waals surface area contributed by atoms with Gasteiger partial charge in [-0.3, -0.25) is 4.79 Å². The minimum atomic E-state index is 0.244. The molecule has 1 saturated carbocycles. The maximum atomic E-state index is 12.0. The summed E-state index contributed by atoms with van der Waals surface area (Å²) in [6.07, 6.45) is 9.82. The van der Waals surface area contributed by atoms with Crippen molar-refractivity contribution in [1.82, 2.24) is 0 Å². The van der Waals surface area contributed by atoms with E-state index in [0.29, 0.717) is 11.7 Å². The Morgan fingerprint density at radius 1 is 1.24 bits per heavy atom. The Morgan fingerprint density at radius 2 is 2.12 bits per heavy atom. The van der Waals surface area contributed by atoms with Gasteiger partial charge >= 0.3 is 0 Å². The number of ketones is 1. The lowest BCUT2D eigenvalue weighted by Gasteiger charge is -2.36. The van der Waals surface area contributed by atoms with Gasteiger partial charge in [0.2, 0.25) is 0 Å². The van der Waals surface area contributed by atoms with E-state index in [2.05, 4.69) is 6.08 Å². The molecule has 0 amide bonds. The SMILES string of the molecule is COC1=C2C=C3CCCC(=O)C3CC2CCC1. The highest BCUT2D eigenvalue weighted by Crippen LogP contribution is 2.44. The van der Waals surface area contributed by atoms with Crippen LogP contribution < -0.4 is 0 Å². The number of fused-ring (bicyclic) bond motifs is 2. The highest BCUT2D eigenvalue weighted by atomic mass is 16.5. The molecule has 1 fully saturated rings. The molecule has 0 bridgehead atoms. The molecular formula is C15H20O2. The Balaban J connectivity index is 1.99. The number of hydrogen-bond acceptors (Lipinski definition) is 2. The van der Waals surface area contributed by atoms with Crippen LogP contribution in [0.25, 0.3) is 0 Å². The fourth-order valence-electron chi connectivity index (χ4n) is 3.66. The molecule has 0 radical (unpaired) electrons. The predicted octanol–water partition coefficient (Wildman–Crippen LogP) is 3.39. The first-order valence-electron chi connectivity index (χ1n) is 6.80. The largest absolute Gasteiger partial charge is 0.501 e. The number of ether oxygens (including phenoxy) is 1. The summed E-state index contributed by atoms with van der Waals surface area (Å²) in [4.78, 5) is 12.0. The van der Waals surface area contributed by atoms with Crippen LogP contribution in [-0.2, 0) is 9.53 Å². The van der Waals surface area contributed by atoms with Gasteiger partial charge in [-0.1, -0.05) is 11.6 Å². The molecule has 0 aromatic rings. The first-order chi connectivity index (χ1) is 8.29. The molecule has 0 heterocycles. The monoisotopic (exact) mass is 232 g/mol. The second-order valence-electron chi connectivity index (χ2n) is 5.50. The third-order valence-electron chi connectivity index (χ3n) is 4.55. The third-order valence-corrected chi connectivity index (χ3v) is 4.55. The van der Waals surface area contributed by atoms with E-state index in [0.717, 1.165) is 32.1 Å². The van der Waals surface area contributed by atoms with Gasteiger partial charge in [-0.15, -0.1) is 0 Å². The smallest absolute Gasteiger partial charge is 0.140 e. The van der Waals surface area contributed by atoms with E-state index in [1.54, 1.807) is 7.11 Å². The van der Waals surface area contributed by atoms with Gasteiger partial charge in [0, 0.05) is 18.8 Å². The van der Waals surface area contributed by atoms with E-state index in [9.17, 15) is 4.79 Å². The number of carbonyl (C=O) groups is 1. The van der Waals surface area contributed by atoms with Gasteiger partial charge in [0.25, 0.3) is 0 Å². The van der Waals surface area contributed by atoms with Crippen molar-refractivity contribution in [3.63, 3.8) is 0 Å². The molecule has 3 aliphatic carbocycles. The highest BCUT2D eigenvalue weighted by Gasteiger charge is 2.36. The van der Waals surface area contributed by atoms with Crippen molar-refractivity contribution in [2.45, 2.75) is 44.9 Å². The van der Waals surface area contributed by atoms with E-state index in [1.807, 2.05) is 0 Å². The van der Waals surface area contributed by atoms with Crippen LogP contribution in [0, 0.1) is 11.8 Å². The summed E-state index contributed by atoms with van der Waals surface area (Å²) in [5, 5.41) is 0. The fourth-order valence-corrected chi connectivity index (χ4v) is 3.66. The normalized spacial score (nSPS) is 32.8. The van der Waals surface area contributed by atoms with E-state index >= 15 is 0 Å². The van der Waals surface area contributed by atoms with Gasteiger partial charge in [-0.2, -0.15) is 0 Å². The van der Waals surface area contributed by atoms with Crippen molar-refractivity contribution in [2.75, 3.05) is 7.11 Å². The molecule has 0 spiro atoms. The summed E-state index contributed by atoms with van der Waals surface area (Å²) >= 11 is 0. The first-order valence-corrected chi connectivity index (χ1v) is 6.80. The number of Topliss-reactive ketones (excluding diaryl/α,β-unsaturated/α-hetero) is 1. The Kier molecular flexibility index (Phi) is 2.81. The predicted molar refractivity (Wildman–Crippen MR) is 66.4 cm³/mol. The van der Waals surface area contributed by atoms with Crippen LogP contribution in [0.2, 0.25) is 0 Å². The summed E-state index contributed by atoms with van der Waals surface area (Å²) in [5.74, 6) is 2.47. The second-order valence-corrected chi connectivity index (χ2v) is 5.50. The highest BCUT2D eigenvalue weighted by molar-refractivity contribution is 5.85. The number of methoxy groups -OCH3 is 1.